The van der Waals surface area contributed by atoms with E-state index in [-0.39, 0.29) is 0 Å². The van der Waals surface area contributed by atoms with Crippen LogP contribution in [0.25, 0.3) is 0 Å². The van der Waals surface area contributed by atoms with E-state index in [1.165, 1.54) is 5.56 Å². The monoisotopic (exact) mass is 254 g/mol. The van der Waals surface area contributed by atoms with Gasteiger partial charge in [0.1, 0.15) is 0 Å². The quantitative estimate of drug-likeness (QED) is 0.626. The summed E-state index contributed by atoms with van der Waals surface area (Å²) in [6.45, 7) is 2.13. The van der Waals surface area contributed by atoms with E-state index in [4.69, 9.17) is 5.73 Å². The van der Waals surface area contributed by atoms with Gasteiger partial charge in [0.2, 0.25) is 0 Å². The van der Waals surface area contributed by atoms with E-state index in [1.54, 1.807) is 0 Å². The van der Waals surface area contributed by atoms with Crippen LogP contribution in [-0.4, -0.2) is 18.4 Å². The highest BCUT2D eigenvalue weighted by Crippen LogP contribution is 2.32. The Morgan fingerprint density at radius 1 is 1.36 bits per heavy atom. The average molecular weight is 255 g/mol. The van der Waals surface area contributed by atoms with Crippen molar-refractivity contribution in [3.63, 3.8) is 0 Å². The predicted octanol–water partition coefficient (Wildman–Crippen LogP) is 1.97. The lowest BCUT2D eigenvalue weighted by atomic mass is 9.89. The van der Waals surface area contributed by atoms with Crippen LogP contribution in [0.15, 0.2) is 24.3 Å². The number of nitrogens with one attached hydrogen (secondary N) is 1. The summed E-state index contributed by atoms with van der Waals surface area (Å²) in [4.78, 5) is 0. The minimum atomic E-state index is 0.565. The molecule has 76 valence electrons. The van der Waals surface area contributed by atoms with Crippen LogP contribution in [-0.2, 0) is 0 Å². The fourth-order valence-electron chi connectivity index (χ4n) is 2.11. The third-order valence-electron chi connectivity index (χ3n) is 2.93. The molecule has 0 bridgehead atoms. The smallest absolute Gasteiger partial charge is 0.0350 e. The van der Waals surface area contributed by atoms with E-state index < -0.39 is 0 Å². The molecule has 1 aliphatic rings. The van der Waals surface area contributed by atoms with Crippen LogP contribution >= 0.6 is 15.9 Å². The number of hydrogen-bond donors (Lipinski definition) is 2. The highest BCUT2D eigenvalue weighted by molar-refractivity contribution is 9.09. The maximum atomic E-state index is 5.97. The molecule has 1 aromatic carbocycles. The fourth-order valence-corrected chi connectivity index (χ4v) is 2.79. The molecule has 0 aromatic heterocycles. The van der Waals surface area contributed by atoms with E-state index >= 15 is 0 Å². The molecule has 2 nitrogen and oxygen atoms in total. The molecule has 0 aliphatic carbocycles. The molecule has 0 saturated carbocycles. The molecule has 1 saturated heterocycles. The Hall–Kier alpha value is -0.540. The molecule has 14 heavy (non-hydrogen) atoms. The third-order valence-corrected chi connectivity index (χ3v) is 3.77. The van der Waals surface area contributed by atoms with Crippen LogP contribution in [0.3, 0.4) is 0 Å². The summed E-state index contributed by atoms with van der Waals surface area (Å²) in [5.41, 5.74) is 8.19. The Morgan fingerprint density at radius 2 is 2.14 bits per heavy atom. The summed E-state index contributed by atoms with van der Waals surface area (Å²) >= 11 is 3.56. The zero-order chi connectivity index (χ0) is 9.97. The minimum Gasteiger partial charge on any atom is -0.398 e. The Morgan fingerprint density at radius 3 is 2.86 bits per heavy atom. The molecule has 1 aromatic rings. The van der Waals surface area contributed by atoms with Crippen molar-refractivity contribution >= 4 is 21.6 Å². The second-order valence-corrected chi connectivity index (χ2v) is 4.46. The third kappa shape index (κ3) is 1.79. The number of nitrogen functional groups attached to an aromatic ring is 1. The molecule has 0 spiro atoms. The summed E-state index contributed by atoms with van der Waals surface area (Å²) < 4.78 is 0. The number of anilines is 1. The van der Waals surface area contributed by atoms with Gasteiger partial charge in [-0.25, -0.2) is 0 Å². The molecule has 0 radical (unpaired) electrons. The molecular formula is C11H15BrN2. The summed E-state index contributed by atoms with van der Waals surface area (Å²) in [6.07, 6.45) is 0. The van der Waals surface area contributed by atoms with Crippen molar-refractivity contribution in [1.29, 1.82) is 0 Å². The van der Waals surface area contributed by atoms with Crippen LogP contribution in [0.2, 0.25) is 0 Å². The second kappa shape index (κ2) is 4.32. The minimum absolute atomic E-state index is 0.565. The highest BCUT2D eigenvalue weighted by Gasteiger charge is 2.28. The number of halogens is 1. The molecule has 2 unspecified atom stereocenters. The average Bonchev–Trinajstić information content (AvgIpc) is 2.66. The number of rotatable bonds is 2. The molecule has 2 rings (SSSR count). The van der Waals surface area contributed by atoms with E-state index in [0.29, 0.717) is 11.8 Å². The van der Waals surface area contributed by atoms with Crippen molar-refractivity contribution in [2.75, 3.05) is 24.2 Å². The highest BCUT2D eigenvalue weighted by atomic mass is 79.9. The molecule has 2 atom stereocenters. The summed E-state index contributed by atoms with van der Waals surface area (Å²) in [5.74, 6) is 1.23. The van der Waals surface area contributed by atoms with Gasteiger partial charge >= 0.3 is 0 Å². The van der Waals surface area contributed by atoms with Crippen LogP contribution in [0.1, 0.15) is 11.5 Å². The van der Waals surface area contributed by atoms with Gasteiger partial charge in [0.05, 0.1) is 0 Å². The first-order chi connectivity index (χ1) is 6.83. The van der Waals surface area contributed by atoms with Gasteiger partial charge in [-0.1, -0.05) is 34.1 Å². The molecule has 3 heteroatoms. The van der Waals surface area contributed by atoms with Gasteiger partial charge in [0.25, 0.3) is 0 Å². The van der Waals surface area contributed by atoms with E-state index in [9.17, 15) is 0 Å². The molecule has 1 fully saturated rings. The zero-order valence-electron chi connectivity index (χ0n) is 8.04. The second-order valence-electron chi connectivity index (χ2n) is 3.81. The normalized spacial score (nSPS) is 26.6. The molecule has 1 heterocycles. The Labute approximate surface area is 93.0 Å². The first-order valence-electron chi connectivity index (χ1n) is 4.94. The van der Waals surface area contributed by atoms with E-state index in [0.717, 1.165) is 24.1 Å². The maximum Gasteiger partial charge on any atom is 0.0350 e. The number of hydrogen-bond acceptors (Lipinski definition) is 2. The van der Waals surface area contributed by atoms with Crippen LogP contribution in [0.5, 0.6) is 0 Å². The van der Waals surface area contributed by atoms with Crippen LogP contribution < -0.4 is 11.1 Å². The molecule has 0 amide bonds. The van der Waals surface area contributed by atoms with Gasteiger partial charge in [-0.2, -0.15) is 0 Å². The van der Waals surface area contributed by atoms with Gasteiger partial charge in [-0.05, 0) is 24.1 Å². The lowest BCUT2D eigenvalue weighted by Gasteiger charge is -2.18. The van der Waals surface area contributed by atoms with Crippen LogP contribution in [0.4, 0.5) is 5.69 Å². The standard InChI is InChI=1S/C11H15BrN2/c12-5-8-6-14-7-10(8)9-3-1-2-4-11(9)13/h1-4,8,10,14H,5-7,13H2. The lowest BCUT2D eigenvalue weighted by Crippen LogP contribution is -2.13. The number of para-hydroxylation sites is 1. The molecule has 1 aliphatic heterocycles. The van der Waals surface area contributed by atoms with E-state index in [1.807, 2.05) is 12.1 Å². The summed E-state index contributed by atoms with van der Waals surface area (Å²) in [7, 11) is 0. The van der Waals surface area contributed by atoms with Crippen LogP contribution in [0, 0.1) is 5.92 Å². The van der Waals surface area contributed by atoms with E-state index in [2.05, 4.69) is 33.4 Å². The number of nitrogens with two attached hydrogens (primary N) is 1. The van der Waals surface area contributed by atoms with Crippen molar-refractivity contribution in [2.45, 2.75) is 5.92 Å². The summed E-state index contributed by atoms with van der Waals surface area (Å²) in [6, 6.07) is 8.18. The molecular weight excluding hydrogens is 240 g/mol. The molecule has 3 N–H and O–H groups in total. The van der Waals surface area contributed by atoms with Gasteiger partial charge < -0.3 is 11.1 Å². The summed E-state index contributed by atoms with van der Waals surface area (Å²) in [5, 5.41) is 4.45. The van der Waals surface area contributed by atoms with Crippen molar-refractivity contribution in [2.24, 2.45) is 5.92 Å². The number of benzene rings is 1. The largest absolute Gasteiger partial charge is 0.398 e. The van der Waals surface area contributed by atoms with Crippen molar-refractivity contribution < 1.29 is 0 Å². The first kappa shape index (κ1) is 9.99. The topological polar surface area (TPSA) is 38.0 Å². The van der Waals surface area contributed by atoms with Gasteiger partial charge in [-0.15, -0.1) is 0 Å². The maximum absolute atomic E-state index is 5.97. The lowest BCUT2D eigenvalue weighted by molar-refractivity contribution is 0.587. The van der Waals surface area contributed by atoms with Crippen molar-refractivity contribution in [3.8, 4) is 0 Å². The van der Waals surface area contributed by atoms with Gasteiger partial charge in [-0.3, -0.25) is 0 Å². The first-order valence-corrected chi connectivity index (χ1v) is 6.06. The zero-order valence-corrected chi connectivity index (χ0v) is 9.63. The van der Waals surface area contributed by atoms with Gasteiger partial charge in [0, 0.05) is 23.5 Å². The van der Waals surface area contributed by atoms with Crippen molar-refractivity contribution in [3.05, 3.63) is 29.8 Å². The predicted molar refractivity (Wildman–Crippen MR) is 63.7 cm³/mol. The van der Waals surface area contributed by atoms with Gasteiger partial charge in [0.15, 0.2) is 0 Å². The Bertz CT molecular complexity index is 314. The SMILES string of the molecule is Nc1ccccc1C1CNCC1CBr. The fraction of sp³-hybridized carbons (Fsp3) is 0.455. The number of alkyl halides is 1. The van der Waals surface area contributed by atoms with Crippen molar-refractivity contribution in [1.82, 2.24) is 5.32 Å². The Kier molecular flexibility index (Phi) is 3.08. The Balaban J connectivity index is 2.26.